The highest BCUT2D eigenvalue weighted by Crippen LogP contribution is 2.31. The van der Waals surface area contributed by atoms with Crippen LogP contribution in [0.2, 0.25) is 0 Å². The number of anilines is 1. The molecule has 106 valence electrons. The summed E-state index contributed by atoms with van der Waals surface area (Å²) in [7, 11) is 0. The number of aliphatic hydroxyl groups is 2. The fraction of sp³-hybridized carbons (Fsp3) is 0.600. The van der Waals surface area contributed by atoms with E-state index in [4.69, 9.17) is 0 Å². The third kappa shape index (κ3) is 3.25. The fourth-order valence-corrected chi connectivity index (χ4v) is 2.99. The Bertz CT molecular complexity index is 405. The van der Waals surface area contributed by atoms with Gasteiger partial charge in [0.15, 0.2) is 0 Å². The first-order valence-electron chi connectivity index (χ1n) is 7.03. The first kappa shape index (κ1) is 14.3. The zero-order valence-electron chi connectivity index (χ0n) is 11.2. The Morgan fingerprint density at radius 3 is 2.53 bits per heavy atom. The first-order valence-corrected chi connectivity index (χ1v) is 7.03. The van der Waals surface area contributed by atoms with Crippen molar-refractivity contribution in [2.24, 2.45) is 0 Å². The van der Waals surface area contributed by atoms with Crippen LogP contribution in [0.4, 0.5) is 10.1 Å². The minimum atomic E-state index is -0.314. The molecule has 0 bridgehead atoms. The molecule has 1 aromatic rings. The number of nitrogens with zero attached hydrogens (tertiary/aromatic N) is 1. The van der Waals surface area contributed by atoms with Gasteiger partial charge in [-0.2, -0.15) is 0 Å². The van der Waals surface area contributed by atoms with Crippen LogP contribution in [-0.4, -0.2) is 29.4 Å². The van der Waals surface area contributed by atoms with Crippen LogP contribution in [0.1, 0.15) is 37.7 Å². The Balaban J connectivity index is 2.32. The van der Waals surface area contributed by atoms with E-state index in [2.05, 4.69) is 0 Å². The Labute approximate surface area is 113 Å². The maximum atomic E-state index is 14.1. The second-order valence-corrected chi connectivity index (χ2v) is 5.11. The maximum Gasteiger partial charge on any atom is 0.146 e. The number of hydrogen-bond acceptors (Lipinski definition) is 3. The average molecular weight is 267 g/mol. The Hall–Kier alpha value is -1.13. The summed E-state index contributed by atoms with van der Waals surface area (Å²) in [6, 6.07) is 5.04. The molecule has 0 atom stereocenters. The number of hydrogen-bond donors (Lipinski definition) is 2. The van der Waals surface area contributed by atoms with Crippen molar-refractivity contribution in [3.8, 4) is 0 Å². The SMILES string of the molecule is OCCN(c1c(F)cccc1CO)C1CCCCC1. The van der Waals surface area contributed by atoms with Crippen molar-refractivity contribution < 1.29 is 14.6 Å². The Kier molecular flexibility index (Phi) is 5.16. The third-order valence-electron chi connectivity index (χ3n) is 3.88. The summed E-state index contributed by atoms with van der Waals surface area (Å²) in [5.41, 5.74) is 1.06. The summed E-state index contributed by atoms with van der Waals surface area (Å²) in [6.45, 7) is 0.232. The van der Waals surface area contributed by atoms with Gasteiger partial charge in [-0.1, -0.05) is 31.4 Å². The highest BCUT2D eigenvalue weighted by molar-refractivity contribution is 5.55. The van der Waals surface area contributed by atoms with E-state index in [1.54, 1.807) is 12.1 Å². The molecular formula is C15H22FNO2. The highest BCUT2D eigenvalue weighted by Gasteiger charge is 2.24. The molecule has 2 rings (SSSR count). The number of rotatable bonds is 5. The van der Waals surface area contributed by atoms with Gasteiger partial charge in [0, 0.05) is 18.2 Å². The predicted octanol–water partition coefficient (Wildman–Crippen LogP) is 2.45. The first-order chi connectivity index (χ1) is 9.27. The summed E-state index contributed by atoms with van der Waals surface area (Å²) in [4.78, 5) is 1.94. The molecule has 1 aliphatic carbocycles. The Morgan fingerprint density at radius 2 is 1.89 bits per heavy atom. The number of benzene rings is 1. The predicted molar refractivity (Wildman–Crippen MR) is 73.6 cm³/mol. The van der Waals surface area contributed by atoms with Gasteiger partial charge in [0.2, 0.25) is 0 Å². The smallest absolute Gasteiger partial charge is 0.146 e. The molecular weight excluding hydrogens is 245 g/mol. The summed E-state index contributed by atoms with van der Waals surface area (Å²) < 4.78 is 14.1. The quantitative estimate of drug-likeness (QED) is 0.861. The molecule has 0 radical (unpaired) electrons. The molecule has 0 unspecified atom stereocenters. The van der Waals surface area contributed by atoms with Gasteiger partial charge in [-0.15, -0.1) is 0 Å². The van der Waals surface area contributed by atoms with E-state index >= 15 is 0 Å². The van der Waals surface area contributed by atoms with Gasteiger partial charge in [-0.3, -0.25) is 0 Å². The number of para-hydroxylation sites is 1. The van der Waals surface area contributed by atoms with Crippen LogP contribution in [0, 0.1) is 5.82 Å². The van der Waals surface area contributed by atoms with Crippen LogP contribution < -0.4 is 4.90 Å². The van der Waals surface area contributed by atoms with Crippen molar-refractivity contribution in [1.29, 1.82) is 0 Å². The number of aliphatic hydroxyl groups excluding tert-OH is 2. The molecule has 1 fully saturated rings. The largest absolute Gasteiger partial charge is 0.395 e. The van der Waals surface area contributed by atoms with E-state index in [0.717, 1.165) is 25.7 Å². The van der Waals surface area contributed by atoms with Gasteiger partial charge in [-0.05, 0) is 18.9 Å². The van der Waals surface area contributed by atoms with E-state index in [1.807, 2.05) is 4.90 Å². The monoisotopic (exact) mass is 267 g/mol. The molecule has 0 aromatic heterocycles. The summed E-state index contributed by atoms with van der Waals surface area (Å²) in [6.07, 6.45) is 5.58. The topological polar surface area (TPSA) is 43.7 Å². The molecule has 1 aromatic carbocycles. The van der Waals surface area contributed by atoms with Gasteiger partial charge in [0.25, 0.3) is 0 Å². The second-order valence-electron chi connectivity index (χ2n) is 5.11. The van der Waals surface area contributed by atoms with Crippen LogP contribution in [0.15, 0.2) is 18.2 Å². The highest BCUT2D eigenvalue weighted by atomic mass is 19.1. The molecule has 2 N–H and O–H groups in total. The minimum absolute atomic E-state index is 0.00426. The lowest BCUT2D eigenvalue weighted by Crippen LogP contribution is -2.40. The fourth-order valence-electron chi connectivity index (χ4n) is 2.99. The van der Waals surface area contributed by atoms with Crippen molar-refractivity contribution in [3.05, 3.63) is 29.6 Å². The van der Waals surface area contributed by atoms with Crippen LogP contribution in [0.25, 0.3) is 0 Å². The Morgan fingerprint density at radius 1 is 1.16 bits per heavy atom. The summed E-state index contributed by atoms with van der Waals surface area (Å²) in [5.74, 6) is -0.314. The van der Waals surface area contributed by atoms with E-state index in [1.165, 1.54) is 12.5 Å². The normalized spacial score (nSPS) is 16.6. The lowest BCUT2D eigenvalue weighted by molar-refractivity contribution is 0.276. The summed E-state index contributed by atoms with van der Waals surface area (Å²) >= 11 is 0. The average Bonchev–Trinajstić information content (AvgIpc) is 2.46. The van der Waals surface area contributed by atoms with Crippen LogP contribution in [0.5, 0.6) is 0 Å². The molecule has 1 saturated carbocycles. The maximum absolute atomic E-state index is 14.1. The molecule has 3 nitrogen and oxygen atoms in total. The molecule has 0 amide bonds. The van der Waals surface area contributed by atoms with E-state index in [9.17, 15) is 14.6 Å². The number of halogens is 1. The van der Waals surface area contributed by atoms with E-state index in [-0.39, 0.29) is 25.1 Å². The van der Waals surface area contributed by atoms with Gasteiger partial charge in [-0.25, -0.2) is 4.39 Å². The molecule has 19 heavy (non-hydrogen) atoms. The van der Waals surface area contributed by atoms with Crippen molar-refractivity contribution in [1.82, 2.24) is 0 Å². The molecule has 4 heteroatoms. The van der Waals surface area contributed by atoms with Gasteiger partial charge < -0.3 is 15.1 Å². The van der Waals surface area contributed by atoms with Gasteiger partial charge in [0.05, 0.1) is 18.9 Å². The standard InChI is InChI=1S/C15H22FNO2/c16-14-8-4-5-12(11-19)15(14)17(9-10-18)13-6-2-1-3-7-13/h4-5,8,13,18-19H,1-3,6-7,9-11H2. The van der Waals surface area contributed by atoms with Crippen molar-refractivity contribution in [2.45, 2.75) is 44.8 Å². The zero-order chi connectivity index (χ0) is 13.7. The van der Waals surface area contributed by atoms with E-state index < -0.39 is 0 Å². The third-order valence-corrected chi connectivity index (χ3v) is 3.88. The van der Waals surface area contributed by atoms with Crippen LogP contribution in [0.3, 0.4) is 0 Å². The minimum Gasteiger partial charge on any atom is -0.395 e. The van der Waals surface area contributed by atoms with Gasteiger partial charge >= 0.3 is 0 Å². The molecule has 0 heterocycles. The molecule has 0 saturated heterocycles. The van der Waals surface area contributed by atoms with Gasteiger partial charge in [0.1, 0.15) is 5.82 Å². The van der Waals surface area contributed by atoms with Crippen molar-refractivity contribution >= 4 is 5.69 Å². The second kappa shape index (κ2) is 6.87. The molecule has 1 aliphatic rings. The van der Waals surface area contributed by atoms with Crippen LogP contribution >= 0.6 is 0 Å². The van der Waals surface area contributed by atoms with Crippen LogP contribution in [-0.2, 0) is 6.61 Å². The summed E-state index contributed by atoms with van der Waals surface area (Å²) in [5, 5.41) is 18.7. The molecule has 0 spiro atoms. The zero-order valence-corrected chi connectivity index (χ0v) is 11.2. The van der Waals surface area contributed by atoms with E-state index in [0.29, 0.717) is 17.8 Å². The lowest BCUT2D eigenvalue weighted by atomic mass is 9.93. The lowest BCUT2D eigenvalue weighted by Gasteiger charge is -2.37. The molecule has 0 aliphatic heterocycles. The van der Waals surface area contributed by atoms with Crippen molar-refractivity contribution in [3.63, 3.8) is 0 Å². The van der Waals surface area contributed by atoms with Crippen molar-refractivity contribution in [2.75, 3.05) is 18.1 Å².